The number of aliphatic hydroxyl groups excluding tert-OH is 1. The number of nitrogens with zero attached hydrogens (tertiary/aromatic N) is 1. The Hall–Kier alpha value is -3.25. The highest BCUT2D eigenvalue weighted by atomic mass is 35.5. The summed E-state index contributed by atoms with van der Waals surface area (Å²) in [4.78, 5) is 31.7. The predicted molar refractivity (Wildman–Crippen MR) is 127 cm³/mol. The van der Waals surface area contributed by atoms with E-state index in [-0.39, 0.29) is 28.0 Å². The summed E-state index contributed by atoms with van der Waals surface area (Å²) < 4.78 is 5.28. The van der Waals surface area contributed by atoms with Crippen molar-refractivity contribution in [1.82, 2.24) is 9.88 Å². The minimum atomic E-state index is -0.702. The second kappa shape index (κ2) is 8.60. The minimum Gasteiger partial charge on any atom is -0.507 e. The highest BCUT2D eigenvalue weighted by molar-refractivity contribution is 6.47. The van der Waals surface area contributed by atoms with Crippen LogP contribution in [-0.4, -0.2) is 39.8 Å². The number of benzene rings is 2. The van der Waals surface area contributed by atoms with Crippen LogP contribution in [0.25, 0.3) is 16.7 Å². The van der Waals surface area contributed by atoms with Gasteiger partial charge in [0.2, 0.25) is 0 Å². The third-order valence-corrected chi connectivity index (χ3v) is 7.12. The van der Waals surface area contributed by atoms with Crippen LogP contribution in [0.15, 0.2) is 54.2 Å². The number of H-pyrrole nitrogens is 1. The molecule has 33 heavy (non-hydrogen) atoms. The molecule has 1 saturated heterocycles. The molecule has 0 spiro atoms. The van der Waals surface area contributed by atoms with Crippen LogP contribution in [0.4, 0.5) is 0 Å². The lowest BCUT2D eigenvalue weighted by Crippen LogP contribution is -2.40. The van der Waals surface area contributed by atoms with Crippen LogP contribution in [0.3, 0.4) is 0 Å². The number of aromatic amines is 1. The van der Waals surface area contributed by atoms with Gasteiger partial charge in [0.1, 0.15) is 11.5 Å². The van der Waals surface area contributed by atoms with Crippen LogP contribution in [0, 0.1) is 0 Å². The van der Waals surface area contributed by atoms with Crippen molar-refractivity contribution in [1.29, 1.82) is 0 Å². The quantitative estimate of drug-likeness (QED) is 0.300. The molecule has 1 atom stereocenters. The molecule has 1 aliphatic heterocycles. The zero-order valence-electron chi connectivity index (χ0n) is 18.3. The number of carbonyl (C=O) groups excluding carboxylic acids is 2. The van der Waals surface area contributed by atoms with E-state index in [1.165, 1.54) is 7.11 Å². The Morgan fingerprint density at radius 3 is 2.64 bits per heavy atom. The normalized spacial score (nSPS) is 21.2. The van der Waals surface area contributed by atoms with Gasteiger partial charge in [0, 0.05) is 34.3 Å². The molecule has 7 heteroatoms. The molecule has 1 saturated carbocycles. The molecule has 2 aliphatic rings. The van der Waals surface area contributed by atoms with E-state index in [0.717, 1.165) is 48.6 Å². The van der Waals surface area contributed by atoms with Gasteiger partial charge < -0.3 is 19.7 Å². The summed E-state index contributed by atoms with van der Waals surface area (Å²) in [5.41, 5.74) is 2.02. The zero-order chi connectivity index (χ0) is 23.1. The third-order valence-electron chi connectivity index (χ3n) is 6.79. The summed E-state index contributed by atoms with van der Waals surface area (Å²) >= 11 is 6.40. The standard InChI is InChI=1S/C26H25ClN2O4/c1-33-16-11-12-20(27)18(13-16)24(30)22-23(19-14-28-21-10-6-5-9-17(19)21)29(26(32)25(22)31)15-7-3-2-4-8-15/h5-6,9-15,23,28,30H,2-4,7-8H2,1H3/b24-22+. The monoisotopic (exact) mass is 464 g/mol. The number of aliphatic hydroxyl groups is 1. The van der Waals surface area contributed by atoms with E-state index in [0.29, 0.717) is 5.75 Å². The van der Waals surface area contributed by atoms with Crippen molar-refractivity contribution in [3.8, 4) is 5.75 Å². The number of ketones is 1. The number of methoxy groups -OCH3 is 1. The number of para-hydroxylation sites is 1. The lowest BCUT2D eigenvalue weighted by molar-refractivity contribution is -0.141. The Labute approximate surface area is 196 Å². The number of halogens is 1. The number of fused-ring (bicyclic) bond motifs is 1. The van der Waals surface area contributed by atoms with Crippen LogP contribution in [0.1, 0.15) is 49.3 Å². The van der Waals surface area contributed by atoms with Gasteiger partial charge in [0.25, 0.3) is 11.7 Å². The number of hydrogen-bond acceptors (Lipinski definition) is 4. The lowest BCUT2D eigenvalue weighted by atomic mass is 9.90. The van der Waals surface area contributed by atoms with Gasteiger partial charge in [-0.05, 0) is 37.1 Å². The molecule has 3 aromatic rings. The van der Waals surface area contributed by atoms with Crippen molar-refractivity contribution < 1.29 is 19.4 Å². The maximum absolute atomic E-state index is 13.4. The molecule has 2 fully saturated rings. The van der Waals surface area contributed by atoms with Crippen LogP contribution in [-0.2, 0) is 9.59 Å². The maximum Gasteiger partial charge on any atom is 0.295 e. The van der Waals surface area contributed by atoms with Gasteiger partial charge in [-0.15, -0.1) is 0 Å². The molecule has 2 N–H and O–H groups in total. The second-order valence-electron chi connectivity index (χ2n) is 8.63. The molecular weight excluding hydrogens is 440 g/mol. The van der Waals surface area contributed by atoms with Crippen molar-refractivity contribution in [3.63, 3.8) is 0 Å². The Kier molecular flexibility index (Phi) is 5.62. The number of likely N-dealkylation sites (tertiary alicyclic amines) is 1. The van der Waals surface area contributed by atoms with Gasteiger partial charge >= 0.3 is 0 Å². The first-order chi connectivity index (χ1) is 16.0. The number of hydrogen-bond donors (Lipinski definition) is 2. The van der Waals surface area contributed by atoms with Crippen molar-refractivity contribution in [2.24, 2.45) is 0 Å². The number of aromatic nitrogens is 1. The van der Waals surface area contributed by atoms with Gasteiger partial charge in [-0.3, -0.25) is 9.59 Å². The van der Waals surface area contributed by atoms with E-state index in [2.05, 4.69) is 4.98 Å². The summed E-state index contributed by atoms with van der Waals surface area (Å²) in [6.07, 6.45) is 6.65. The number of nitrogens with one attached hydrogen (secondary N) is 1. The molecule has 5 rings (SSSR count). The first kappa shape index (κ1) is 21.6. The van der Waals surface area contributed by atoms with Crippen LogP contribution in [0.2, 0.25) is 5.02 Å². The fraction of sp³-hybridized carbons (Fsp3) is 0.308. The van der Waals surface area contributed by atoms with Gasteiger partial charge in [-0.1, -0.05) is 49.1 Å². The topological polar surface area (TPSA) is 82.6 Å². The van der Waals surface area contributed by atoms with Gasteiger partial charge in [0.15, 0.2) is 0 Å². The molecule has 6 nitrogen and oxygen atoms in total. The van der Waals surface area contributed by atoms with Crippen molar-refractivity contribution in [2.45, 2.75) is 44.2 Å². The van der Waals surface area contributed by atoms with Crippen LogP contribution in [0.5, 0.6) is 5.75 Å². The third kappa shape index (κ3) is 3.59. The molecule has 0 radical (unpaired) electrons. The Bertz CT molecular complexity index is 1270. The van der Waals surface area contributed by atoms with E-state index in [1.807, 2.05) is 30.5 Å². The average molecular weight is 465 g/mol. The van der Waals surface area contributed by atoms with E-state index < -0.39 is 17.7 Å². The molecule has 0 bridgehead atoms. The fourth-order valence-corrected chi connectivity index (χ4v) is 5.38. The van der Waals surface area contributed by atoms with Crippen LogP contribution < -0.4 is 4.74 Å². The number of Topliss-reactive ketones (excluding diaryl/α,β-unsaturated/α-hetero) is 1. The van der Waals surface area contributed by atoms with Crippen molar-refractivity contribution >= 4 is 40.0 Å². The average Bonchev–Trinajstić information content (AvgIpc) is 3.38. The van der Waals surface area contributed by atoms with Crippen molar-refractivity contribution in [3.05, 3.63) is 70.4 Å². The molecule has 1 unspecified atom stereocenters. The molecule has 170 valence electrons. The molecule has 2 aromatic carbocycles. The predicted octanol–water partition coefficient (Wildman–Crippen LogP) is 5.58. The molecule has 1 aromatic heterocycles. The largest absolute Gasteiger partial charge is 0.507 e. The maximum atomic E-state index is 13.4. The first-order valence-electron chi connectivity index (χ1n) is 11.2. The minimum absolute atomic E-state index is 0.0556. The van der Waals surface area contributed by atoms with E-state index >= 15 is 0 Å². The van der Waals surface area contributed by atoms with E-state index in [4.69, 9.17) is 16.3 Å². The number of rotatable bonds is 4. The summed E-state index contributed by atoms with van der Waals surface area (Å²) in [5.74, 6) is -1.05. The number of ether oxygens (including phenoxy) is 1. The summed E-state index contributed by atoms with van der Waals surface area (Å²) in [6, 6.07) is 11.9. The summed E-state index contributed by atoms with van der Waals surface area (Å²) in [6.45, 7) is 0. The Balaban J connectivity index is 1.74. The zero-order valence-corrected chi connectivity index (χ0v) is 19.1. The highest BCUT2D eigenvalue weighted by Crippen LogP contribution is 2.45. The Morgan fingerprint density at radius 2 is 1.88 bits per heavy atom. The van der Waals surface area contributed by atoms with Crippen LogP contribution >= 0.6 is 11.6 Å². The van der Waals surface area contributed by atoms with E-state index in [1.54, 1.807) is 23.1 Å². The first-order valence-corrected chi connectivity index (χ1v) is 11.6. The van der Waals surface area contributed by atoms with Crippen molar-refractivity contribution in [2.75, 3.05) is 7.11 Å². The molecular formula is C26H25ClN2O4. The summed E-state index contributed by atoms with van der Waals surface area (Å²) in [5, 5.41) is 12.6. The Morgan fingerprint density at radius 1 is 1.12 bits per heavy atom. The van der Waals surface area contributed by atoms with E-state index in [9.17, 15) is 14.7 Å². The smallest absolute Gasteiger partial charge is 0.295 e. The molecule has 1 amide bonds. The van der Waals surface area contributed by atoms with Gasteiger partial charge in [0.05, 0.1) is 23.7 Å². The lowest BCUT2D eigenvalue weighted by Gasteiger charge is -2.35. The number of carbonyl (C=O) groups is 2. The van der Waals surface area contributed by atoms with Gasteiger partial charge in [-0.2, -0.15) is 0 Å². The SMILES string of the molecule is COc1ccc(Cl)c(/C(O)=C2\C(=O)C(=O)N(C3CCCCC3)C2c2c[nH]c3ccccc23)c1. The summed E-state index contributed by atoms with van der Waals surface area (Å²) in [7, 11) is 1.51. The highest BCUT2D eigenvalue weighted by Gasteiger charge is 2.49. The van der Waals surface area contributed by atoms with Gasteiger partial charge in [-0.25, -0.2) is 0 Å². The molecule has 2 heterocycles. The number of amides is 1. The fourth-order valence-electron chi connectivity index (χ4n) is 5.17. The second-order valence-corrected chi connectivity index (χ2v) is 9.04. The molecule has 1 aliphatic carbocycles.